The van der Waals surface area contributed by atoms with Crippen molar-refractivity contribution in [3.63, 3.8) is 0 Å². The summed E-state index contributed by atoms with van der Waals surface area (Å²) in [6.07, 6.45) is 3.66. The highest BCUT2D eigenvalue weighted by Gasteiger charge is 2.28. The Morgan fingerprint density at radius 3 is 2.68 bits per heavy atom. The van der Waals surface area contributed by atoms with Crippen molar-refractivity contribution in [3.8, 4) is 0 Å². The fourth-order valence-corrected chi connectivity index (χ4v) is 3.29. The number of aliphatic carboxylic acids is 1. The molecule has 0 radical (unpaired) electrons. The van der Waals surface area contributed by atoms with E-state index in [1.165, 1.54) is 0 Å². The summed E-state index contributed by atoms with van der Waals surface area (Å²) in [5.41, 5.74) is 1.07. The number of likely N-dealkylation sites (tertiary alicyclic amines) is 1. The molecule has 1 N–H and O–H groups in total. The van der Waals surface area contributed by atoms with Gasteiger partial charge in [0.05, 0.1) is 5.92 Å². The van der Waals surface area contributed by atoms with Crippen LogP contribution in [0.4, 0.5) is 0 Å². The maximum absolute atomic E-state index is 12.8. The number of nitrogens with zero attached hydrogens (tertiary/aromatic N) is 1. The van der Waals surface area contributed by atoms with E-state index in [9.17, 15) is 9.59 Å². The molecule has 4 heteroatoms. The molecule has 0 saturated carbocycles. The van der Waals surface area contributed by atoms with E-state index in [4.69, 9.17) is 5.11 Å². The first kappa shape index (κ1) is 16.5. The molecule has 1 heterocycles. The van der Waals surface area contributed by atoms with Crippen molar-refractivity contribution >= 4 is 11.9 Å². The van der Waals surface area contributed by atoms with Crippen LogP contribution >= 0.6 is 0 Å². The van der Waals surface area contributed by atoms with Crippen LogP contribution in [0.1, 0.15) is 50.5 Å². The molecule has 1 aromatic rings. The summed E-state index contributed by atoms with van der Waals surface area (Å²) < 4.78 is 0. The largest absolute Gasteiger partial charge is 0.481 e. The molecular formula is C18H25NO3. The molecule has 2 rings (SSSR count). The average molecular weight is 303 g/mol. The molecule has 0 spiro atoms. The Hall–Kier alpha value is -1.84. The molecule has 1 aliphatic heterocycles. The van der Waals surface area contributed by atoms with Crippen molar-refractivity contribution in [1.29, 1.82) is 0 Å². The zero-order valence-electron chi connectivity index (χ0n) is 13.2. The van der Waals surface area contributed by atoms with Crippen molar-refractivity contribution in [2.75, 3.05) is 13.1 Å². The molecule has 0 aromatic heterocycles. The zero-order chi connectivity index (χ0) is 15.9. The normalized spacial score (nSPS) is 19.7. The van der Waals surface area contributed by atoms with Crippen LogP contribution in [0.3, 0.4) is 0 Å². The molecule has 1 aromatic carbocycles. The van der Waals surface area contributed by atoms with E-state index >= 15 is 0 Å². The van der Waals surface area contributed by atoms with Gasteiger partial charge in [-0.05, 0) is 37.2 Å². The summed E-state index contributed by atoms with van der Waals surface area (Å²) in [6, 6.07) is 9.92. The third kappa shape index (κ3) is 4.33. The van der Waals surface area contributed by atoms with E-state index in [1.807, 2.05) is 42.2 Å². The lowest BCUT2D eigenvalue weighted by molar-refractivity contribution is -0.137. The lowest BCUT2D eigenvalue weighted by Crippen LogP contribution is -2.42. The summed E-state index contributed by atoms with van der Waals surface area (Å²) in [4.78, 5) is 25.5. The summed E-state index contributed by atoms with van der Waals surface area (Å²) in [6.45, 7) is 3.54. The number of carboxylic acids is 1. The summed E-state index contributed by atoms with van der Waals surface area (Å²) >= 11 is 0. The molecule has 2 atom stereocenters. The van der Waals surface area contributed by atoms with Gasteiger partial charge in [0, 0.05) is 19.5 Å². The Morgan fingerprint density at radius 2 is 2.05 bits per heavy atom. The van der Waals surface area contributed by atoms with Crippen LogP contribution < -0.4 is 0 Å². The van der Waals surface area contributed by atoms with E-state index < -0.39 is 5.97 Å². The highest BCUT2D eigenvalue weighted by Crippen LogP contribution is 2.27. The number of hydrogen-bond acceptors (Lipinski definition) is 2. The van der Waals surface area contributed by atoms with Crippen LogP contribution in [0.5, 0.6) is 0 Å². The van der Waals surface area contributed by atoms with Gasteiger partial charge in [0.2, 0.25) is 5.91 Å². The summed E-state index contributed by atoms with van der Waals surface area (Å²) in [7, 11) is 0. The molecule has 120 valence electrons. The molecule has 1 fully saturated rings. The standard InChI is InChI=1S/C18H25NO3/c1-2-16(15-8-4-3-5-9-15)18(22)19-12-6-7-14(13-19)10-11-17(20)21/h3-5,8-9,14,16H,2,6-7,10-13H2,1H3,(H,20,21)/t14-,16-/m1/s1. The number of carboxylic acid groups (broad SMARTS) is 1. The quantitative estimate of drug-likeness (QED) is 0.877. The average Bonchev–Trinajstić information content (AvgIpc) is 2.55. The molecule has 4 nitrogen and oxygen atoms in total. The number of piperidine rings is 1. The second-order valence-electron chi connectivity index (χ2n) is 6.10. The highest BCUT2D eigenvalue weighted by molar-refractivity contribution is 5.83. The molecule has 0 unspecified atom stereocenters. The monoisotopic (exact) mass is 303 g/mol. The first-order chi connectivity index (χ1) is 10.6. The first-order valence-corrected chi connectivity index (χ1v) is 8.17. The number of amides is 1. The van der Waals surface area contributed by atoms with Crippen molar-refractivity contribution in [3.05, 3.63) is 35.9 Å². The fraction of sp³-hybridized carbons (Fsp3) is 0.556. The Balaban J connectivity index is 1.99. The minimum Gasteiger partial charge on any atom is -0.481 e. The number of carbonyl (C=O) groups is 2. The van der Waals surface area contributed by atoms with Gasteiger partial charge in [-0.15, -0.1) is 0 Å². The topological polar surface area (TPSA) is 57.6 Å². The maximum atomic E-state index is 12.8. The van der Waals surface area contributed by atoms with Gasteiger partial charge < -0.3 is 10.0 Å². The number of rotatable bonds is 6. The third-order valence-corrected chi connectivity index (χ3v) is 4.51. The Morgan fingerprint density at radius 1 is 1.32 bits per heavy atom. The van der Waals surface area contributed by atoms with Gasteiger partial charge in [-0.25, -0.2) is 0 Å². The van der Waals surface area contributed by atoms with Gasteiger partial charge in [-0.1, -0.05) is 37.3 Å². The Kier molecular flexibility index (Phi) is 5.99. The Labute approximate surface area is 132 Å². The minimum absolute atomic E-state index is 0.0839. The maximum Gasteiger partial charge on any atom is 0.303 e. The molecule has 1 aliphatic rings. The van der Waals surface area contributed by atoms with Crippen LogP contribution in [-0.2, 0) is 9.59 Å². The fourth-order valence-electron chi connectivity index (χ4n) is 3.29. The van der Waals surface area contributed by atoms with Gasteiger partial charge in [0.15, 0.2) is 0 Å². The lowest BCUT2D eigenvalue weighted by atomic mass is 9.90. The van der Waals surface area contributed by atoms with Crippen LogP contribution in [0.2, 0.25) is 0 Å². The predicted molar refractivity (Wildman–Crippen MR) is 85.6 cm³/mol. The zero-order valence-corrected chi connectivity index (χ0v) is 13.2. The van der Waals surface area contributed by atoms with Crippen molar-refractivity contribution in [2.45, 2.75) is 44.9 Å². The van der Waals surface area contributed by atoms with Gasteiger partial charge in [0.1, 0.15) is 0 Å². The second kappa shape index (κ2) is 7.97. The molecule has 0 aliphatic carbocycles. The van der Waals surface area contributed by atoms with Crippen molar-refractivity contribution in [1.82, 2.24) is 4.90 Å². The summed E-state index contributed by atoms with van der Waals surface area (Å²) in [5, 5.41) is 8.81. The van der Waals surface area contributed by atoms with Crippen LogP contribution in [0.25, 0.3) is 0 Å². The highest BCUT2D eigenvalue weighted by atomic mass is 16.4. The number of hydrogen-bond donors (Lipinski definition) is 1. The first-order valence-electron chi connectivity index (χ1n) is 8.17. The van der Waals surface area contributed by atoms with Gasteiger partial charge in [-0.3, -0.25) is 9.59 Å². The van der Waals surface area contributed by atoms with E-state index in [0.29, 0.717) is 18.9 Å². The molecule has 1 saturated heterocycles. The number of benzene rings is 1. The Bertz CT molecular complexity index is 500. The smallest absolute Gasteiger partial charge is 0.303 e. The van der Waals surface area contributed by atoms with Gasteiger partial charge in [-0.2, -0.15) is 0 Å². The third-order valence-electron chi connectivity index (χ3n) is 4.51. The van der Waals surface area contributed by atoms with E-state index in [2.05, 4.69) is 0 Å². The van der Waals surface area contributed by atoms with Crippen LogP contribution in [0, 0.1) is 5.92 Å². The van der Waals surface area contributed by atoms with Crippen molar-refractivity contribution in [2.24, 2.45) is 5.92 Å². The van der Waals surface area contributed by atoms with Gasteiger partial charge >= 0.3 is 5.97 Å². The van der Waals surface area contributed by atoms with E-state index in [-0.39, 0.29) is 18.2 Å². The lowest BCUT2D eigenvalue weighted by Gasteiger charge is -2.35. The SMILES string of the molecule is CC[C@@H](C(=O)N1CCC[C@H](CCC(=O)O)C1)c1ccccc1. The van der Waals surface area contributed by atoms with Crippen LogP contribution in [-0.4, -0.2) is 35.0 Å². The second-order valence-corrected chi connectivity index (χ2v) is 6.10. The molecule has 1 amide bonds. The van der Waals surface area contributed by atoms with Crippen LogP contribution in [0.15, 0.2) is 30.3 Å². The number of carbonyl (C=O) groups excluding carboxylic acids is 1. The van der Waals surface area contributed by atoms with E-state index in [0.717, 1.165) is 31.4 Å². The minimum atomic E-state index is -0.751. The summed E-state index contributed by atoms with van der Waals surface area (Å²) in [5.74, 6) is -0.325. The van der Waals surface area contributed by atoms with Crippen molar-refractivity contribution < 1.29 is 14.7 Å². The molecule has 22 heavy (non-hydrogen) atoms. The molecule has 0 bridgehead atoms. The van der Waals surface area contributed by atoms with E-state index in [1.54, 1.807) is 0 Å². The predicted octanol–water partition coefficient (Wildman–Crippen LogP) is 3.28. The molecular weight excluding hydrogens is 278 g/mol. The van der Waals surface area contributed by atoms with Gasteiger partial charge in [0.25, 0.3) is 0 Å².